The van der Waals surface area contributed by atoms with E-state index in [0.717, 1.165) is 25.2 Å². The van der Waals surface area contributed by atoms with Crippen molar-refractivity contribution >= 4 is 0 Å². The third-order valence-electron chi connectivity index (χ3n) is 5.14. The van der Waals surface area contributed by atoms with Crippen LogP contribution in [0.2, 0.25) is 0 Å². The Morgan fingerprint density at radius 2 is 1.60 bits per heavy atom. The van der Waals surface area contributed by atoms with Gasteiger partial charge in [0.05, 0.1) is 17.1 Å². The minimum absolute atomic E-state index is 0.559. The fourth-order valence-electron chi connectivity index (χ4n) is 3.89. The molecule has 25 heavy (non-hydrogen) atoms. The number of aromatic nitrogens is 2. The summed E-state index contributed by atoms with van der Waals surface area (Å²) in [5.41, 5.74) is 6.34. The van der Waals surface area contributed by atoms with Crippen molar-refractivity contribution < 1.29 is 0 Å². The smallest absolute Gasteiger partial charge is 0.0775 e. The number of rotatable bonds is 4. The highest BCUT2D eigenvalue weighted by Crippen LogP contribution is 2.35. The first-order chi connectivity index (χ1) is 12.4. The van der Waals surface area contributed by atoms with Crippen molar-refractivity contribution in [3.8, 4) is 16.9 Å². The summed E-state index contributed by atoms with van der Waals surface area (Å²) in [4.78, 5) is 0. The maximum absolute atomic E-state index is 5.14. The van der Waals surface area contributed by atoms with Crippen LogP contribution in [0.5, 0.6) is 0 Å². The largest absolute Gasteiger partial charge is 0.317 e. The highest BCUT2D eigenvalue weighted by atomic mass is 15.3. The Balaban J connectivity index is 1.91. The zero-order chi connectivity index (χ0) is 17.1. The Hall–Kier alpha value is -2.39. The van der Waals surface area contributed by atoms with Gasteiger partial charge in [0, 0.05) is 17.0 Å². The number of nitrogens with one attached hydrogen (secondary N) is 1. The van der Waals surface area contributed by atoms with Gasteiger partial charge >= 0.3 is 0 Å². The fraction of sp³-hybridized carbons (Fsp3) is 0.318. The molecule has 1 aliphatic heterocycles. The van der Waals surface area contributed by atoms with Crippen molar-refractivity contribution in [2.24, 2.45) is 0 Å². The van der Waals surface area contributed by atoms with Gasteiger partial charge in [0.1, 0.15) is 0 Å². The first kappa shape index (κ1) is 16.1. The molecule has 2 heterocycles. The van der Waals surface area contributed by atoms with Crippen LogP contribution in [0, 0.1) is 0 Å². The summed E-state index contributed by atoms with van der Waals surface area (Å²) in [5, 5.41) is 8.61. The van der Waals surface area contributed by atoms with Crippen LogP contribution in [-0.2, 0) is 6.42 Å². The molecule has 2 aromatic carbocycles. The van der Waals surface area contributed by atoms with E-state index < -0.39 is 0 Å². The van der Waals surface area contributed by atoms with Crippen molar-refractivity contribution in [3.63, 3.8) is 0 Å². The lowest BCUT2D eigenvalue weighted by atomic mass is 9.90. The molecule has 1 aliphatic rings. The average molecular weight is 331 g/mol. The van der Waals surface area contributed by atoms with Crippen LogP contribution >= 0.6 is 0 Å². The van der Waals surface area contributed by atoms with Gasteiger partial charge in [-0.15, -0.1) is 0 Å². The van der Waals surface area contributed by atoms with Gasteiger partial charge in [-0.3, -0.25) is 0 Å². The van der Waals surface area contributed by atoms with Crippen LogP contribution < -0.4 is 5.32 Å². The van der Waals surface area contributed by atoms with E-state index in [9.17, 15) is 0 Å². The quantitative estimate of drug-likeness (QED) is 0.759. The van der Waals surface area contributed by atoms with Gasteiger partial charge in [-0.25, -0.2) is 4.68 Å². The maximum atomic E-state index is 5.14. The Labute approximate surface area is 149 Å². The summed E-state index contributed by atoms with van der Waals surface area (Å²) >= 11 is 0. The molecule has 0 aliphatic carbocycles. The first-order valence-electron chi connectivity index (χ1n) is 9.32. The molecule has 1 saturated heterocycles. The van der Waals surface area contributed by atoms with Gasteiger partial charge in [-0.1, -0.05) is 55.5 Å². The van der Waals surface area contributed by atoms with E-state index in [4.69, 9.17) is 5.10 Å². The molecule has 0 spiro atoms. The molecule has 128 valence electrons. The molecule has 3 nitrogen and oxygen atoms in total. The second-order valence-corrected chi connectivity index (χ2v) is 6.70. The molecular weight excluding hydrogens is 306 g/mol. The number of benzene rings is 2. The zero-order valence-corrected chi connectivity index (χ0v) is 14.8. The molecule has 1 aromatic heterocycles. The molecule has 3 heteroatoms. The van der Waals surface area contributed by atoms with Crippen LogP contribution in [0.15, 0.2) is 60.7 Å². The van der Waals surface area contributed by atoms with Crippen molar-refractivity contribution in [1.82, 2.24) is 15.1 Å². The molecule has 0 atom stereocenters. The molecule has 1 N–H and O–H groups in total. The molecule has 4 rings (SSSR count). The summed E-state index contributed by atoms with van der Waals surface area (Å²) in [6.07, 6.45) is 3.36. The minimum atomic E-state index is 0.559. The number of piperidine rings is 1. The summed E-state index contributed by atoms with van der Waals surface area (Å²) < 4.78 is 2.16. The topological polar surface area (TPSA) is 29.9 Å². The summed E-state index contributed by atoms with van der Waals surface area (Å²) in [5.74, 6) is 0.559. The zero-order valence-electron chi connectivity index (χ0n) is 14.8. The SMILES string of the molecule is CCc1c(C2CCNCC2)nn(-c2ccccc2)c1-c1ccccc1. The maximum Gasteiger partial charge on any atom is 0.0775 e. The average Bonchev–Trinajstić information content (AvgIpc) is 3.09. The minimum Gasteiger partial charge on any atom is -0.317 e. The molecule has 0 unspecified atom stereocenters. The number of hydrogen-bond donors (Lipinski definition) is 1. The van der Waals surface area contributed by atoms with Crippen molar-refractivity contribution in [3.05, 3.63) is 71.9 Å². The molecule has 0 bridgehead atoms. The van der Waals surface area contributed by atoms with E-state index in [1.807, 2.05) is 0 Å². The van der Waals surface area contributed by atoms with Gasteiger partial charge in [-0.05, 0) is 44.5 Å². The normalized spacial score (nSPS) is 15.4. The molecular formula is C22H25N3. The standard InChI is InChI=1S/C22H25N3/c1-2-20-21(17-13-15-23-16-14-17)24-25(19-11-7-4-8-12-19)22(20)18-9-5-3-6-10-18/h3-12,17,23H,2,13-16H2,1H3. The second kappa shape index (κ2) is 7.24. The van der Waals surface area contributed by atoms with Crippen LogP contribution in [-0.4, -0.2) is 22.9 Å². The predicted octanol–water partition coefficient (Wildman–Crippen LogP) is 4.57. The van der Waals surface area contributed by atoms with Crippen molar-refractivity contribution in [2.45, 2.75) is 32.1 Å². The first-order valence-corrected chi connectivity index (χ1v) is 9.32. The third-order valence-corrected chi connectivity index (χ3v) is 5.14. The Morgan fingerprint density at radius 1 is 0.960 bits per heavy atom. The van der Waals surface area contributed by atoms with Crippen LogP contribution in [0.25, 0.3) is 16.9 Å². The van der Waals surface area contributed by atoms with Crippen molar-refractivity contribution in [2.75, 3.05) is 13.1 Å². The van der Waals surface area contributed by atoms with E-state index in [0.29, 0.717) is 5.92 Å². The van der Waals surface area contributed by atoms with Crippen LogP contribution in [0.3, 0.4) is 0 Å². The molecule has 0 radical (unpaired) electrons. The molecule has 0 amide bonds. The van der Waals surface area contributed by atoms with Crippen LogP contribution in [0.4, 0.5) is 0 Å². The Kier molecular flexibility index (Phi) is 4.66. The lowest BCUT2D eigenvalue weighted by Crippen LogP contribution is -2.27. The van der Waals surface area contributed by atoms with E-state index in [1.165, 1.54) is 35.4 Å². The molecule has 0 saturated carbocycles. The lowest BCUT2D eigenvalue weighted by Gasteiger charge is -2.22. The van der Waals surface area contributed by atoms with Gasteiger partial charge in [-0.2, -0.15) is 5.10 Å². The van der Waals surface area contributed by atoms with Gasteiger partial charge in [0.25, 0.3) is 0 Å². The van der Waals surface area contributed by atoms with E-state index in [2.05, 4.69) is 77.6 Å². The van der Waals surface area contributed by atoms with E-state index in [-0.39, 0.29) is 0 Å². The predicted molar refractivity (Wildman–Crippen MR) is 103 cm³/mol. The van der Waals surface area contributed by atoms with Crippen LogP contribution in [0.1, 0.15) is 36.9 Å². The fourth-order valence-corrected chi connectivity index (χ4v) is 3.89. The van der Waals surface area contributed by atoms with Crippen molar-refractivity contribution in [1.29, 1.82) is 0 Å². The molecule has 1 fully saturated rings. The number of para-hydroxylation sites is 1. The highest BCUT2D eigenvalue weighted by Gasteiger charge is 2.25. The Bertz CT molecular complexity index is 815. The second-order valence-electron chi connectivity index (χ2n) is 6.70. The van der Waals surface area contributed by atoms with Gasteiger partial charge in [0.2, 0.25) is 0 Å². The molecule has 3 aromatic rings. The summed E-state index contributed by atoms with van der Waals surface area (Å²) in [7, 11) is 0. The third kappa shape index (κ3) is 3.12. The van der Waals surface area contributed by atoms with Gasteiger partial charge in [0.15, 0.2) is 0 Å². The monoisotopic (exact) mass is 331 g/mol. The lowest BCUT2D eigenvalue weighted by molar-refractivity contribution is 0.449. The van der Waals surface area contributed by atoms with E-state index in [1.54, 1.807) is 0 Å². The number of hydrogen-bond acceptors (Lipinski definition) is 2. The summed E-state index contributed by atoms with van der Waals surface area (Å²) in [6, 6.07) is 21.2. The summed E-state index contributed by atoms with van der Waals surface area (Å²) in [6.45, 7) is 4.43. The Morgan fingerprint density at radius 3 is 2.24 bits per heavy atom. The number of nitrogens with zero attached hydrogens (tertiary/aromatic N) is 2. The van der Waals surface area contributed by atoms with Gasteiger partial charge < -0.3 is 5.32 Å². The van der Waals surface area contributed by atoms with E-state index >= 15 is 0 Å². The highest BCUT2D eigenvalue weighted by molar-refractivity contribution is 5.67.